The van der Waals surface area contributed by atoms with Crippen LogP contribution in [-0.4, -0.2) is 18.8 Å². The highest BCUT2D eigenvalue weighted by Gasteiger charge is 2.20. The summed E-state index contributed by atoms with van der Waals surface area (Å²) in [4.78, 5) is 1.95. The van der Waals surface area contributed by atoms with Gasteiger partial charge in [0, 0.05) is 11.3 Å². The van der Waals surface area contributed by atoms with Crippen LogP contribution in [0.4, 0.5) is 17.3 Å². The van der Waals surface area contributed by atoms with Gasteiger partial charge in [-0.15, -0.1) is 5.11 Å². The van der Waals surface area contributed by atoms with Gasteiger partial charge < -0.3 is 22.0 Å². The monoisotopic (exact) mass is 211 g/mol. The van der Waals surface area contributed by atoms with Crippen LogP contribution in [0.3, 0.4) is 0 Å². The van der Waals surface area contributed by atoms with Gasteiger partial charge in [0.25, 0.3) is 0 Å². The lowest BCUT2D eigenvalue weighted by Crippen LogP contribution is -2.65. The van der Waals surface area contributed by atoms with Crippen molar-refractivity contribution in [3.63, 3.8) is 0 Å². The number of nitrogens with one attached hydrogen (secondary N) is 1. The maximum Gasteiger partial charge on any atom is 0.673 e. The molecule has 0 saturated carbocycles. The highest BCUT2D eigenvalue weighted by Crippen LogP contribution is 2.10. The molecule has 2 heterocycles. The van der Waals surface area contributed by atoms with E-state index in [1.807, 2.05) is 11.1 Å². The third-order valence-electron chi connectivity index (χ3n) is 1.22. The van der Waals surface area contributed by atoms with Gasteiger partial charge in [-0.2, -0.15) is 0 Å². The maximum atomic E-state index is 9.75. The quantitative estimate of drug-likeness (QED) is 0.465. The second-order valence-corrected chi connectivity index (χ2v) is 2.29. The lowest BCUT2D eigenvalue weighted by atomic mass is 10.3. The Morgan fingerprint density at radius 2 is 2.07 bits per heavy atom. The largest absolute Gasteiger partial charge is 0.673 e. The Labute approximate surface area is 76.7 Å². The van der Waals surface area contributed by atoms with Gasteiger partial charge in [-0.25, -0.2) is 0 Å². The van der Waals surface area contributed by atoms with Crippen LogP contribution >= 0.6 is 0 Å². The lowest BCUT2D eigenvalue weighted by molar-refractivity contribution is -0.527. The van der Waals surface area contributed by atoms with E-state index in [0.717, 1.165) is 12.5 Å². The van der Waals surface area contributed by atoms with E-state index in [1.165, 1.54) is 0 Å². The number of hydrogen-bond donors (Lipinski definition) is 1. The van der Waals surface area contributed by atoms with Gasteiger partial charge in [-0.3, -0.25) is 4.90 Å². The van der Waals surface area contributed by atoms with Crippen molar-refractivity contribution < 1.29 is 27.1 Å². The van der Waals surface area contributed by atoms with Gasteiger partial charge in [0.15, 0.2) is 0 Å². The standard InChI is InChI=1S/C5H5N3O.BF4/c1-2-9-3-5-7-6-4-8(1)5;2-1(3,4)5/h1-3H,4H2;/q;-1/p+1. The number of azo groups is 1. The van der Waals surface area contributed by atoms with E-state index in [-0.39, 0.29) is 0 Å². The molecule has 0 aromatic heterocycles. The summed E-state index contributed by atoms with van der Waals surface area (Å²) in [5.74, 6) is 0.831. The van der Waals surface area contributed by atoms with Crippen molar-refractivity contribution in [2.24, 2.45) is 5.11 Å². The van der Waals surface area contributed by atoms with Gasteiger partial charge >= 0.3 is 7.25 Å². The average Bonchev–Trinajstić information content (AvgIpc) is 2.47. The van der Waals surface area contributed by atoms with Crippen LogP contribution in [0.2, 0.25) is 0 Å². The Morgan fingerprint density at radius 3 is 2.64 bits per heavy atom. The molecule has 0 spiro atoms. The SMILES string of the molecule is C1=CN2C[NH+]=NC2=CO1.F[B-](F)(F)F. The Kier molecular flexibility index (Phi) is 3.10. The molecule has 9 heteroatoms. The topological polar surface area (TPSA) is 38.8 Å². The second kappa shape index (κ2) is 4.12. The summed E-state index contributed by atoms with van der Waals surface area (Å²) < 4.78 is 43.9. The Balaban J connectivity index is 0.000000171. The molecule has 0 atom stereocenters. The molecular formula is C5H6BF4N3O. The summed E-state index contributed by atoms with van der Waals surface area (Å²) in [6, 6.07) is 0. The summed E-state index contributed by atoms with van der Waals surface area (Å²) in [6.07, 6.45) is 5.05. The Bertz CT molecular complexity index is 281. The summed E-state index contributed by atoms with van der Waals surface area (Å²) in [7, 11) is -6.00. The fourth-order valence-corrected chi connectivity index (χ4v) is 0.770. The molecular weight excluding hydrogens is 205 g/mol. The van der Waals surface area contributed by atoms with E-state index in [1.54, 1.807) is 12.5 Å². The van der Waals surface area contributed by atoms with Gasteiger partial charge in [0.05, 0.1) is 0 Å². The van der Waals surface area contributed by atoms with Crippen LogP contribution in [0.25, 0.3) is 0 Å². The first-order chi connectivity index (χ1) is 6.47. The Morgan fingerprint density at radius 1 is 1.43 bits per heavy atom. The fraction of sp³-hybridized carbons (Fsp3) is 0.200. The third kappa shape index (κ3) is 3.92. The highest BCUT2D eigenvalue weighted by molar-refractivity contribution is 6.50. The first-order valence-corrected chi connectivity index (χ1v) is 3.57. The minimum absolute atomic E-state index is 0.742. The second-order valence-electron chi connectivity index (χ2n) is 2.29. The average molecular weight is 211 g/mol. The highest BCUT2D eigenvalue weighted by atomic mass is 19.5. The van der Waals surface area contributed by atoms with E-state index in [4.69, 9.17) is 4.74 Å². The molecule has 2 aliphatic heterocycles. The van der Waals surface area contributed by atoms with Gasteiger partial charge in [0.2, 0.25) is 12.5 Å². The van der Waals surface area contributed by atoms with Crippen LogP contribution in [0.1, 0.15) is 0 Å². The minimum atomic E-state index is -6.00. The van der Waals surface area contributed by atoms with E-state index in [9.17, 15) is 17.3 Å². The molecule has 1 N–H and O–H groups in total. The molecule has 2 aliphatic rings. The van der Waals surface area contributed by atoms with Crippen molar-refractivity contribution in [3.8, 4) is 0 Å². The molecule has 0 unspecified atom stereocenters. The predicted octanol–water partition coefficient (Wildman–Crippen LogP) is 0.393. The fourth-order valence-electron chi connectivity index (χ4n) is 0.770. The molecule has 0 aromatic carbocycles. The molecule has 0 radical (unpaired) electrons. The van der Waals surface area contributed by atoms with Gasteiger partial charge in [-0.1, -0.05) is 0 Å². The molecule has 0 aliphatic carbocycles. The maximum absolute atomic E-state index is 9.75. The number of rotatable bonds is 0. The first-order valence-electron chi connectivity index (χ1n) is 3.57. The Hall–Kier alpha value is -1.54. The van der Waals surface area contributed by atoms with Crippen LogP contribution in [0.5, 0.6) is 0 Å². The van der Waals surface area contributed by atoms with Crippen molar-refractivity contribution >= 4 is 7.25 Å². The van der Waals surface area contributed by atoms with Crippen molar-refractivity contribution in [2.75, 3.05) is 6.67 Å². The summed E-state index contributed by atoms with van der Waals surface area (Å²) in [5, 5.41) is 6.73. The molecule has 0 fully saturated rings. The van der Waals surface area contributed by atoms with Crippen LogP contribution in [0, 0.1) is 0 Å². The first kappa shape index (κ1) is 10.5. The number of ether oxygens (including phenoxy) is 1. The molecule has 0 saturated heterocycles. The number of halogens is 4. The summed E-state index contributed by atoms with van der Waals surface area (Å²) in [5.41, 5.74) is 0. The van der Waals surface area contributed by atoms with Crippen molar-refractivity contribution in [1.82, 2.24) is 4.90 Å². The molecule has 2 rings (SSSR count). The van der Waals surface area contributed by atoms with Crippen molar-refractivity contribution in [3.05, 3.63) is 24.5 Å². The number of fused-ring (bicyclic) bond motifs is 1. The van der Waals surface area contributed by atoms with E-state index in [0.29, 0.717) is 0 Å². The predicted molar refractivity (Wildman–Crippen MR) is 38.6 cm³/mol. The zero-order valence-electron chi connectivity index (χ0n) is 6.83. The molecule has 0 bridgehead atoms. The third-order valence-corrected chi connectivity index (χ3v) is 1.22. The van der Waals surface area contributed by atoms with E-state index in [2.05, 4.69) is 10.2 Å². The smallest absolute Gasteiger partial charge is 0.467 e. The van der Waals surface area contributed by atoms with E-state index >= 15 is 0 Å². The molecule has 0 amide bonds. The summed E-state index contributed by atoms with van der Waals surface area (Å²) >= 11 is 0. The van der Waals surface area contributed by atoms with Crippen molar-refractivity contribution in [1.29, 1.82) is 0 Å². The zero-order chi connectivity index (χ0) is 10.6. The van der Waals surface area contributed by atoms with Crippen LogP contribution in [0.15, 0.2) is 29.7 Å². The van der Waals surface area contributed by atoms with E-state index < -0.39 is 7.25 Å². The summed E-state index contributed by atoms with van der Waals surface area (Å²) in [6.45, 7) is 0.742. The number of hydrogen-bond acceptors (Lipinski definition) is 3. The molecule has 4 nitrogen and oxygen atoms in total. The van der Waals surface area contributed by atoms with Crippen LogP contribution < -0.4 is 5.11 Å². The normalized spacial score (nSPS) is 18.0. The van der Waals surface area contributed by atoms with Gasteiger partial charge in [-0.05, 0) is 0 Å². The molecule has 14 heavy (non-hydrogen) atoms. The lowest BCUT2D eigenvalue weighted by Gasteiger charge is -2.08. The molecule has 0 aromatic rings. The minimum Gasteiger partial charge on any atom is -0.467 e. The van der Waals surface area contributed by atoms with Crippen LogP contribution in [-0.2, 0) is 4.74 Å². The molecule has 78 valence electrons. The van der Waals surface area contributed by atoms with Gasteiger partial charge in [0.1, 0.15) is 12.5 Å². The number of nitrogens with zero attached hydrogens (tertiary/aromatic N) is 2. The zero-order valence-corrected chi connectivity index (χ0v) is 6.83. The van der Waals surface area contributed by atoms with Crippen molar-refractivity contribution in [2.45, 2.75) is 0 Å².